The molecule has 0 saturated heterocycles. The third-order valence-electron chi connectivity index (χ3n) is 3.54. The first-order valence-electron chi connectivity index (χ1n) is 5.48. The van der Waals surface area contributed by atoms with Crippen LogP contribution in [0.4, 0.5) is 4.39 Å². The zero-order valence-electron chi connectivity index (χ0n) is 10.2. The summed E-state index contributed by atoms with van der Waals surface area (Å²) in [4.78, 5) is 0. The molecule has 3 nitrogen and oxygen atoms in total. The Balaban J connectivity index is 2.42. The Morgan fingerprint density at radius 1 is 1.33 bits per heavy atom. The van der Waals surface area contributed by atoms with E-state index in [0.29, 0.717) is 0 Å². The number of rotatable bonds is 3. The van der Waals surface area contributed by atoms with E-state index in [2.05, 4.69) is 6.07 Å². The number of hydrogen-bond acceptors (Lipinski definition) is 3. The molecule has 1 aliphatic rings. The van der Waals surface area contributed by atoms with Crippen LogP contribution in [0.2, 0.25) is 5.02 Å². The maximum atomic E-state index is 13.9. The number of nitriles is 1. The summed E-state index contributed by atoms with van der Waals surface area (Å²) in [6.45, 7) is 0. The quantitative estimate of drug-likeness (QED) is 0.792. The molecule has 0 aromatic heterocycles. The minimum Gasteiger partial charge on any atom is -0.353 e. The molecule has 1 saturated carbocycles. The highest BCUT2D eigenvalue weighted by molar-refractivity contribution is 6.31. The summed E-state index contributed by atoms with van der Waals surface area (Å²) in [5, 5.41) is 9.64. The number of halogens is 2. The van der Waals surface area contributed by atoms with Crippen molar-refractivity contribution >= 4 is 11.6 Å². The van der Waals surface area contributed by atoms with Gasteiger partial charge in [-0.2, -0.15) is 5.26 Å². The summed E-state index contributed by atoms with van der Waals surface area (Å²) in [6, 6.07) is 6.56. The van der Waals surface area contributed by atoms with Crippen molar-refractivity contribution < 1.29 is 13.9 Å². The van der Waals surface area contributed by atoms with Gasteiger partial charge < -0.3 is 9.47 Å². The Hall–Kier alpha value is -1.15. The lowest BCUT2D eigenvalue weighted by Crippen LogP contribution is -2.56. The fraction of sp³-hybridized carbons (Fsp3) is 0.462. The van der Waals surface area contributed by atoms with Crippen LogP contribution in [0.1, 0.15) is 18.4 Å². The first-order chi connectivity index (χ1) is 8.52. The van der Waals surface area contributed by atoms with Crippen molar-refractivity contribution in [2.24, 2.45) is 0 Å². The smallest absolute Gasteiger partial charge is 0.171 e. The van der Waals surface area contributed by atoms with E-state index in [1.807, 2.05) is 0 Å². The van der Waals surface area contributed by atoms with Crippen LogP contribution in [0.25, 0.3) is 0 Å². The molecule has 0 spiro atoms. The molecule has 1 aromatic rings. The second kappa shape index (κ2) is 4.51. The molecule has 1 aromatic carbocycles. The average Bonchev–Trinajstić information content (AvgIpc) is 2.32. The van der Waals surface area contributed by atoms with Crippen LogP contribution in [0.3, 0.4) is 0 Å². The first-order valence-corrected chi connectivity index (χ1v) is 5.86. The SMILES string of the molecule is COC1(OC)CC(C#N)(c2c(F)cccc2Cl)C1. The molecule has 0 heterocycles. The van der Waals surface area contributed by atoms with Crippen LogP contribution in [0, 0.1) is 17.1 Å². The number of ether oxygens (including phenoxy) is 2. The Morgan fingerprint density at radius 2 is 1.94 bits per heavy atom. The molecule has 0 N–H and O–H groups in total. The Morgan fingerprint density at radius 3 is 2.39 bits per heavy atom. The third-order valence-corrected chi connectivity index (χ3v) is 3.86. The highest BCUT2D eigenvalue weighted by Crippen LogP contribution is 2.54. The molecule has 96 valence electrons. The van der Waals surface area contributed by atoms with E-state index < -0.39 is 17.0 Å². The van der Waals surface area contributed by atoms with Crippen molar-refractivity contribution in [1.82, 2.24) is 0 Å². The Kier molecular flexibility index (Phi) is 3.33. The van der Waals surface area contributed by atoms with Gasteiger partial charge in [0.2, 0.25) is 0 Å². The zero-order chi connectivity index (χ0) is 13.4. The summed E-state index contributed by atoms with van der Waals surface area (Å²) in [5.41, 5.74) is -0.743. The maximum absolute atomic E-state index is 13.9. The Labute approximate surface area is 110 Å². The van der Waals surface area contributed by atoms with Gasteiger partial charge in [0.1, 0.15) is 5.82 Å². The molecule has 2 rings (SSSR count). The summed E-state index contributed by atoms with van der Waals surface area (Å²) < 4.78 is 24.4. The molecule has 5 heteroatoms. The van der Waals surface area contributed by atoms with Gasteiger partial charge in [0, 0.05) is 37.6 Å². The van der Waals surface area contributed by atoms with Crippen LogP contribution in [-0.2, 0) is 14.9 Å². The van der Waals surface area contributed by atoms with Gasteiger partial charge >= 0.3 is 0 Å². The first kappa shape index (κ1) is 13.3. The summed E-state index contributed by atoms with van der Waals surface area (Å²) >= 11 is 6.01. The van der Waals surface area contributed by atoms with Crippen LogP contribution in [0.15, 0.2) is 18.2 Å². The summed E-state index contributed by atoms with van der Waals surface area (Å²) in [6.07, 6.45) is 0.536. The monoisotopic (exact) mass is 269 g/mol. The maximum Gasteiger partial charge on any atom is 0.171 e. The summed E-state index contributed by atoms with van der Waals surface area (Å²) in [7, 11) is 3.02. The normalized spacial score (nSPS) is 19.9. The molecule has 0 aliphatic heterocycles. The number of hydrogen-bond donors (Lipinski definition) is 0. The van der Waals surface area contributed by atoms with Crippen molar-refractivity contribution in [3.05, 3.63) is 34.6 Å². The van der Waals surface area contributed by atoms with E-state index in [0.717, 1.165) is 0 Å². The van der Waals surface area contributed by atoms with E-state index in [1.165, 1.54) is 26.4 Å². The molecule has 18 heavy (non-hydrogen) atoms. The lowest BCUT2D eigenvalue weighted by molar-refractivity contribution is -0.269. The van der Waals surface area contributed by atoms with Crippen LogP contribution < -0.4 is 0 Å². The van der Waals surface area contributed by atoms with Gasteiger partial charge in [0.05, 0.1) is 11.5 Å². The van der Waals surface area contributed by atoms with E-state index >= 15 is 0 Å². The van der Waals surface area contributed by atoms with Crippen molar-refractivity contribution in [2.45, 2.75) is 24.0 Å². The highest BCUT2D eigenvalue weighted by atomic mass is 35.5. The van der Waals surface area contributed by atoms with E-state index in [4.69, 9.17) is 21.1 Å². The molecule has 0 unspecified atom stereocenters. The minimum absolute atomic E-state index is 0.235. The topological polar surface area (TPSA) is 42.2 Å². The Bertz CT molecular complexity index is 480. The van der Waals surface area contributed by atoms with Gasteiger partial charge in [0.15, 0.2) is 5.79 Å². The lowest BCUT2D eigenvalue weighted by atomic mass is 9.61. The van der Waals surface area contributed by atoms with E-state index in [1.54, 1.807) is 6.07 Å². The second-order valence-corrected chi connectivity index (χ2v) is 4.87. The summed E-state index contributed by atoms with van der Waals surface area (Å²) in [5.74, 6) is -1.29. The molecule has 0 radical (unpaired) electrons. The lowest BCUT2D eigenvalue weighted by Gasteiger charge is -2.50. The van der Waals surface area contributed by atoms with Gasteiger partial charge in [-0.25, -0.2) is 4.39 Å². The highest BCUT2D eigenvalue weighted by Gasteiger charge is 2.59. The fourth-order valence-electron chi connectivity index (χ4n) is 2.51. The molecule has 0 amide bonds. The van der Waals surface area contributed by atoms with Gasteiger partial charge in [-0.3, -0.25) is 0 Å². The fourth-order valence-corrected chi connectivity index (χ4v) is 2.85. The van der Waals surface area contributed by atoms with Crippen molar-refractivity contribution in [2.75, 3.05) is 14.2 Å². The van der Waals surface area contributed by atoms with Crippen LogP contribution >= 0.6 is 11.6 Å². The zero-order valence-corrected chi connectivity index (χ0v) is 10.9. The van der Waals surface area contributed by atoms with Crippen molar-refractivity contribution in [3.63, 3.8) is 0 Å². The molecular formula is C13H13ClFNO2. The van der Waals surface area contributed by atoms with Crippen LogP contribution in [0.5, 0.6) is 0 Å². The predicted octanol–water partition coefficient (Wildman–Crippen LogP) is 3.02. The molecule has 1 aliphatic carbocycles. The minimum atomic E-state index is -0.978. The third kappa shape index (κ3) is 1.79. The van der Waals surface area contributed by atoms with E-state index in [-0.39, 0.29) is 23.4 Å². The standard InChI is InChI=1S/C13H13ClFNO2/c1-17-13(18-2)6-12(7-13,8-16)11-9(14)4-3-5-10(11)15/h3-5H,6-7H2,1-2H3. The van der Waals surface area contributed by atoms with Gasteiger partial charge in [-0.15, -0.1) is 0 Å². The number of methoxy groups -OCH3 is 2. The molecule has 0 atom stereocenters. The number of nitrogens with zero attached hydrogens (tertiary/aromatic N) is 1. The second-order valence-electron chi connectivity index (χ2n) is 4.46. The predicted molar refractivity (Wildman–Crippen MR) is 64.7 cm³/mol. The van der Waals surface area contributed by atoms with Crippen molar-refractivity contribution in [3.8, 4) is 6.07 Å². The van der Waals surface area contributed by atoms with Gasteiger partial charge in [-0.1, -0.05) is 17.7 Å². The molecule has 1 fully saturated rings. The largest absolute Gasteiger partial charge is 0.353 e. The van der Waals surface area contributed by atoms with E-state index in [9.17, 15) is 9.65 Å². The van der Waals surface area contributed by atoms with Crippen molar-refractivity contribution in [1.29, 1.82) is 5.26 Å². The number of benzene rings is 1. The molecule has 0 bridgehead atoms. The molecular weight excluding hydrogens is 257 g/mol. The van der Waals surface area contributed by atoms with Crippen LogP contribution in [-0.4, -0.2) is 20.0 Å². The average molecular weight is 270 g/mol. The van der Waals surface area contributed by atoms with Gasteiger partial charge in [-0.05, 0) is 12.1 Å². The van der Waals surface area contributed by atoms with Gasteiger partial charge in [0.25, 0.3) is 0 Å².